The van der Waals surface area contributed by atoms with Crippen molar-refractivity contribution in [2.75, 3.05) is 11.4 Å². The lowest BCUT2D eigenvalue weighted by atomic mass is 10.1. The minimum Gasteiger partial charge on any atom is -0.269 e. The topological polar surface area (TPSA) is 80.5 Å². The second-order valence-electron chi connectivity index (χ2n) is 4.92. The number of nitro groups is 1. The summed E-state index contributed by atoms with van der Waals surface area (Å²) in [6, 6.07) is 10.6. The second kappa shape index (κ2) is 5.76. The Bertz CT molecular complexity index is 831. The molecule has 0 N–H and O–H groups in total. The number of anilines is 1. The second-order valence-corrected chi connectivity index (χ2v) is 6.85. The molecule has 0 saturated heterocycles. The number of sulfonamides is 1. The fraction of sp³-hybridized carbons (Fsp3) is 0.200. The van der Waals surface area contributed by atoms with Gasteiger partial charge in [0.25, 0.3) is 15.7 Å². The molecule has 7 heteroatoms. The summed E-state index contributed by atoms with van der Waals surface area (Å²) in [6.45, 7) is 3.69. The zero-order valence-electron chi connectivity index (χ0n) is 12.5. The van der Waals surface area contributed by atoms with Crippen molar-refractivity contribution < 1.29 is 13.3 Å². The van der Waals surface area contributed by atoms with Gasteiger partial charge in [-0.2, -0.15) is 0 Å². The highest BCUT2D eigenvalue weighted by atomic mass is 32.2. The molecule has 6 nitrogen and oxygen atoms in total. The lowest BCUT2D eigenvalue weighted by Gasteiger charge is -2.22. The van der Waals surface area contributed by atoms with Crippen LogP contribution < -0.4 is 4.31 Å². The number of nitro benzene ring substituents is 1. The predicted octanol–water partition coefficient (Wildman–Crippen LogP) is 3.04. The number of rotatable bonds is 4. The minimum atomic E-state index is -4.02. The number of benzene rings is 2. The molecule has 2 aromatic rings. The third-order valence-corrected chi connectivity index (χ3v) is 5.43. The van der Waals surface area contributed by atoms with Gasteiger partial charge in [-0.1, -0.05) is 24.3 Å². The van der Waals surface area contributed by atoms with Crippen molar-refractivity contribution >= 4 is 21.4 Å². The van der Waals surface area contributed by atoms with Crippen LogP contribution in [-0.2, 0) is 10.0 Å². The van der Waals surface area contributed by atoms with E-state index in [1.165, 1.54) is 31.3 Å². The average molecular weight is 320 g/mol. The molecule has 0 aromatic heterocycles. The van der Waals surface area contributed by atoms with Crippen molar-refractivity contribution in [1.82, 2.24) is 0 Å². The molecule has 0 amide bonds. The number of hydrogen-bond donors (Lipinski definition) is 0. The molecular weight excluding hydrogens is 304 g/mol. The van der Waals surface area contributed by atoms with Crippen LogP contribution >= 0.6 is 0 Å². The van der Waals surface area contributed by atoms with E-state index in [0.29, 0.717) is 5.69 Å². The van der Waals surface area contributed by atoms with Gasteiger partial charge in [-0.25, -0.2) is 8.42 Å². The van der Waals surface area contributed by atoms with E-state index >= 15 is 0 Å². The molecule has 0 unspecified atom stereocenters. The van der Waals surface area contributed by atoms with Gasteiger partial charge in [0.15, 0.2) is 4.90 Å². The molecule has 0 atom stereocenters. The molecule has 2 aromatic carbocycles. The summed E-state index contributed by atoms with van der Waals surface area (Å²) in [7, 11) is -2.62. The van der Waals surface area contributed by atoms with Gasteiger partial charge in [-0.15, -0.1) is 0 Å². The summed E-state index contributed by atoms with van der Waals surface area (Å²) >= 11 is 0. The zero-order valence-corrected chi connectivity index (χ0v) is 13.3. The molecule has 22 heavy (non-hydrogen) atoms. The van der Waals surface area contributed by atoms with Crippen LogP contribution in [0.2, 0.25) is 0 Å². The first-order chi connectivity index (χ1) is 10.3. The van der Waals surface area contributed by atoms with Crippen LogP contribution in [0.4, 0.5) is 11.4 Å². The van der Waals surface area contributed by atoms with Gasteiger partial charge in [0.05, 0.1) is 10.6 Å². The van der Waals surface area contributed by atoms with Crippen LogP contribution in [0, 0.1) is 24.0 Å². The maximum absolute atomic E-state index is 12.7. The molecule has 0 heterocycles. The van der Waals surface area contributed by atoms with Crippen LogP contribution in [0.5, 0.6) is 0 Å². The molecule has 0 aliphatic heterocycles. The van der Waals surface area contributed by atoms with Crippen LogP contribution in [0.15, 0.2) is 47.4 Å². The van der Waals surface area contributed by atoms with Crippen molar-refractivity contribution in [2.24, 2.45) is 0 Å². The van der Waals surface area contributed by atoms with E-state index in [9.17, 15) is 18.5 Å². The lowest BCUT2D eigenvalue weighted by molar-refractivity contribution is -0.387. The largest absolute Gasteiger partial charge is 0.289 e. The Morgan fingerprint density at radius 3 is 2.32 bits per heavy atom. The van der Waals surface area contributed by atoms with Crippen LogP contribution in [0.25, 0.3) is 0 Å². The molecule has 0 radical (unpaired) electrons. The maximum atomic E-state index is 12.7. The Labute approximate surface area is 129 Å². The molecular formula is C15H16N2O4S. The standard InChI is InChI=1S/C15H16N2O4S/c1-11-7-6-9-13(12(11)2)16(3)22(20,21)15-10-5-4-8-14(15)17(18)19/h4-10H,1-3H3. The van der Waals surface area contributed by atoms with Gasteiger partial charge in [0.1, 0.15) is 0 Å². The van der Waals surface area contributed by atoms with E-state index in [0.717, 1.165) is 15.4 Å². The predicted molar refractivity (Wildman–Crippen MR) is 84.6 cm³/mol. The van der Waals surface area contributed by atoms with Gasteiger partial charge in [0, 0.05) is 13.1 Å². The molecule has 116 valence electrons. The van der Waals surface area contributed by atoms with Crippen LogP contribution in [0.1, 0.15) is 11.1 Å². The first-order valence-corrected chi connectivity index (χ1v) is 7.99. The molecule has 0 aliphatic rings. The summed E-state index contributed by atoms with van der Waals surface area (Å²) in [5, 5.41) is 11.1. The van der Waals surface area contributed by atoms with Gasteiger partial charge in [0.2, 0.25) is 0 Å². The van der Waals surface area contributed by atoms with Crippen molar-refractivity contribution in [3.05, 3.63) is 63.7 Å². The SMILES string of the molecule is Cc1cccc(N(C)S(=O)(=O)c2ccccc2[N+](=O)[O-])c1C. The summed E-state index contributed by atoms with van der Waals surface area (Å²) in [5.41, 5.74) is 1.83. The maximum Gasteiger partial charge on any atom is 0.289 e. The van der Waals surface area contributed by atoms with Gasteiger partial charge in [-0.3, -0.25) is 14.4 Å². The highest BCUT2D eigenvalue weighted by Gasteiger charge is 2.30. The summed E-state index contributed by atoms with van der Waals surface area (Å²) < 4.78 is 26.6. The van der Waals surface area contributed by atoms with E-state index in [1.54, 1.807) is 12.1 Å². The summed E-state index contributed by atoms with van der Waals surface area (Å²) in [6.07, 6.45) is 0. The van der Waals surface area contributed by atoms with Gasteiger partial charge < -0.3 is 0 Å². The van der Waals surface area contributed by atoms with Crippen LogP contribution in [0.3, 0.4) is 0 Å². The Kier molecular flexibility index (Phi) is 4.18. The average Bonchev–Trinajstić information content (AvgIpc) is 2.49. The molecule has 0 saturated carbocycles. The fourth-order valence-electron chi connectivity index (χ4n) is 2.18. The minimum absolute atomic E-state index is 0.316. The Morgan fingerprint density at radius 1 is 1.05 bits per heavy atom. The van der Waals surface area contributed by atoms with Gasteiger partial charge in [-0.05, 0) is 37.1 Å². The van der Waals surface area contributed by atoms with Gasteiger partial charge >= 0.3 is 0 Å². The van der Waals surface area contributed by atoms with E-state index in [-0.39, 0.29) is 4.90 Å². The molecule has 2 rings (SSSR count). The normalized spacial score (nSPS) is 11.2. The first-order valence-electron chi connectivity index (χ1n) is 6.55. The lowest BCUT2D eigenvalue weighted by Crippen LogP contribution is -2.28. The third-order valence-electron chi connectivity index (χ3n) is 3.62. The highest BCUT2D eigenvalue weighted by Crippen LogP contribution is 2.31. The Balaban J connectivity index is 2.61. The van der Waals surface area contributed by atoms with E-state index in [2.05, 4.69) is 0 Å². The monoisotopic (exact) mass is 320 g/mol. The van der Waals surface area contributed by atoms with Crippen molar-refractivity contribution in [1.29, 1.82) is 0 Å². The molecule has 0 aliphatic carbocycles. The first kappa shape index (κ1) is 16.0. The smallest absolute Gasteiger partial charge is 0.269 e. The van der Waals surface area contributed by atoms with E-state index in [1.807, 2.05) is 19.9 Å². The van der Waals surface area contributed by atoms with Crippen molar-refractivity contribution in [3.8, 4) is 0 Å². The molecule has 0 bridgehead atoms. The zero-order chi connectivity index (χ0) is 16.5. The molecule has 0 spiro atoms. The Morgan fingerprint density at radius 2 is 1.68 bits per heavy atom. The number of para-hydroxylation sites is 1. The number of hydrogen-bond acceptors (Lipinski definition) is 4. The van der Waals surface area contributed by atoms with E-state index in [4.69, 9.17) is 0 Å². The third kappa shape index (κ3) is 2.67. The highest BCUT2D eigenvalue weighted by molar-refractivity contribution is 7.93. The fourth-order valence-corrected chi connectivity index (χ4v) is 3.59. The van der Waals surface area contributed by atoms with E-state index < -0.39 is 20.6 Å². The Hall–Kier alpha value is -2.41. The summed E-state index contributed by atoms with van der Waals surface area (Å²) in [4.78, 5) is 10.1. The van der Waals surface area contributed by atoms with Crippen LogP contribution in [-0.4, -0.2) is 20.4 Å². The van der Waals surface area contributed by atoms with Crippen molar-refractivity contribution in [3.63, 3.8) is 0 Å². The quantitative estimate of drug-likeness (QED) is 0.640. The number of nitrogens with zero attached hydrogens (tertiary/aromatic N) is 2. The molecule has 0 fully saturated rings. The summed E-state index contributed by atoms with van der Waals surface area (Å²) in [5.74, 6) is 0. The van der Waals surface area contributed by atoms with Crippen molar-refractivity contribution in [2.45, 2.75) is 18.7 Å². The number of aryl methyl sites for hydroxylation is 1.